The number of nitrogens with zero attached hydrogens (tertiary/aromatic N) is 3. The first-order valence-electron chi connectivity index (χ1n) is 10.3. The maximum absolute atomic E-state index is 12.8. The predicted octanol–water partition coefficient (Wildman–Crippen LogP) is 2.58. The van der Waals surface area contributed by atoms with Crippen molar-refractivity contribution in [1.29, 1.82) is 0 Å². The van der Waals surface area contributed by atoms with E-state index in [1.165, 1.54) is 25.7 Å². The minimum Gasteiger partial charge on any atom is -0.348 e. The molecule has 1 aromatic heterocycles. The molecule has 2 aliphatic heterocycles. The topological polar surface area (TPSA) is 76.6 Å². The van der Waals surface area contributed by atoms with Crippen LogP contribution in [0.3, 0.4) is 0 Å². The van der Waals surface area contributed by atoms with E-state index in [0.717, 1.165) is 44.5 Å². The maximum atomic E-state index is 12.8. The Morgan fingerprint density at radius 3 is 2.44 bits per heavy atom. The molecule has 0 aromatic carbocycles. The van der Waals surface area contributed by atoms with Gasteiger partial charge in [0.2, 0.25) is 5.95 Å². The van der Waals surface area contributed by atoms with Crippen molar-refractivity contribution in [3.63, 3.8) is 0 Å². The van der Waals surface area contributed by atoms with Crippen molar-refractivity contribution in [3.05, 3.63) is 17.5 Å². The third kappa shape index (κ3) is 4.41. The molecule has 2 saturated heterocycles. The van der Waals surface area contributed by atoms with Crippen LogP contribution < -0.4 is 10.2 Å². The molecule has 148 valence electrons. The van der Waals surface area contributed by atoms with Crippen molar-refractivity contribution in [3.8, 4) is 0 Å². The number of aromatic nitrogens is 2. The van der Waals surface area contributed by atoms with E-state index in [1.54, 1.807) is 6.07 Å². The van der Waals surface area contributed by atoms with E-state index in [0.29, 0.717) is 24.9 Å². The van der Waals surface area contributed by atoms with Crippen molar-refractivity contribution >= 4 is 11.9 Å². The molecular formula is C20H30N4O3. The van der Waals surface area contributed by atoms with Crippen LogP contribution in [0.4, 0.5) is 5.95 Å². The Kier molecular flexibility index (Phi) is 5.59. The lowest BCUT2D eigenvalue weighted by Crippen LogP contribution is -2.46. The van der Waals surface area contributed by atoms with Gasteiger partial charge in [-0.1, -0.05) is 25.7 Å². The molecule has 1 aromatic rings. The predicted molar refractivity (Wildman–Crippen MR) is 102 cm³/mol. The first kappa shape index (κ1) is 18.6. The number of hydrogen-bond acceptors (Lipinski definition) is 6. The summed E-state index contributed by atoms with van der Waals surface area (Å²) in [7, 11) is 0. The quantitative estimate of drug-likeness (QED) is 0.820. The lowest BCUT2D eigenvalue weighted by molar-refractivity contribution is -0.169. The number of rotatable bonds is 3. The number of aryl methyl sites for hydroxylation is 1. The van der Waals surface area contributed by atoms with Gasteiger partial charge in [-0.25, -0.2) is 9.97 Å². The zero-order chi connectivity index (χ0) is 18.7. The molecule has 4 rings (SSSR count). The number of anilines is 1. The smallest absolute Gasteiger partial charge is 0.270 e. The van der Waals surface area contributed by atoms with Crippen molar-refractivity contribution in [2.24, 2.45) is 0 Å². The Labute approximate surface area is 160 Å². The summed E-state index contributed by atoms with van der Waals surface area (Å²) in [5, 5.41) is 3.18. The van der Waals surface area contributed by atoms with Crippen LogP contribution in [-0.2, 0) is 9.47 Å². The molecule has 0 atom stereocenters. The van der Waals surface area contributed by atoms with Gasteiger partial charge in [0, 0.05) is 37.7 Å². The highest BCUT2D eigenvalue weighted by Gasteiger charge is 2.40. The minimum atomic E-state index is -0.417. The first-order valence-corrected chi connectivity index (χ1v) is 10.3. The molecule has 1 aliphatic carbocycles. The van der Waals surface area contributed by atoms with Gasteiger partial charge in [0.15, 0.2) is 5.79 Å². The van der Waals surface area contributed by atoms with Gasteiger partial charge < -0.3 is 19.7 Å². The Bertz CT molecular complexity index is 657. The van der Waals surface area contributed by atoms with Crippen molar-refractivity contribution < 1.29 is 14.3 Å². The Hall–Kier alpha value is -1.73. The Morgan fingerprint density at radius 1 is 1.11 bits per heavy atom. The molecule has 0 radical (unpaired) electrons. The first-order chi connectivity index (χ1) is 13.1. The highest BCUT2D eigenvalue weighted by atomic mass is 16.7. The summed E-state index contributed by atoms with van der Waals surface area (Å²) in [6.07, 6.45) is 8.66. The average Bonchev–Trinajstić information content (AvgIpc) is 2.96. The Balaban J connectivity index is 1.42. The van der Waals surface area contributed by atoms with Gasteiger partial charge >= 0.3 is 0 Å². The molecule has 0 unspecified atom stereocenters. The molecule has 0 bridgehead atoms. The molecule has 27 heavy (non-hydrogen) atoms. The molecule has 1 spiro atoms. The van der Waals surface area contributed by atoms with E-state index in [9.17, 15) is 4.79 Å². The summed E-state index contributed by atoms with van der Waals surface area (Å²) in [6.45, 7) is 4.81. The number of carbonyl (C=O) groups is 1. The largest absolute Gasteiger partial charge is 0.348 e. The fourth-order valence-electron chi connectivity index (χ4n) is 4.33. The molecule has 7 nitrogen and oxygen atoms in total. The van der Waals surface area contributed by atoms with Gasteiger partial charge in [-0.05, 0) is 25.8 Å². The van der Waals surface area contributed by atoms with Gasteiger partial charge in [-0.2, -0.15) is 0 Å². The third-order valence-electron chi connectivity index (χ3n) is 5.89. The second-order valence-electron chi connectivity index (χ2n) is 7.95. The summed E-state index contributed by atoms with van der Waals surface area (Å²) >= 11 is 0. The highest BCUT2D eigenvalue weighted by molar-refractivity contribution is 5.92. The summed E-state index contributed by atoms with van der Waals surface area (Å²) in [4.78, 5) is 24.0. The van der Waals surface area contributed by atoms with Gasteiger partial charge in [-0.15, -0.1) is 0 Å². The maximum Gasteiger partial charge on any atom is 0.270 e. The number of amides is 1. The van der Waals surface area contributed by atoms with Crippen LogP contribution in [0.1, 0.15) is 67.5 Å². The fourth-order valence-corrected chi connectivity index (χ4v) is 4.33. The lowest BCUT2D eigenvalue weighted by atomic mass is 10.0. The summed E-state index contributed by atoms with van der Waals surface area (Å²) in [5.41, 5.74) is 1.29. The number of nitrogens with one attached hydrogen (secondary N) is 1. The molecule has 1 saturated carbocycles. The monoisotopic (exact) mass is 374 g/mol. The van der Waals surface area contributed by atoms with Crippen LogP contribution in [0.15, 0.2) is 6.07 Å². The van der Waals surface area contributed by atoms with Crippen LogP contribution in [0.2, 0.25) is 0 Å². The van der Waals surface area contributed by atoms with Crippen LogP contribution >= 0.6 is 0 Å². The van der Waals surface area contributed by atoms with E-state index in [2.05, 4.69) is 20.2 Å². The molecular weight excluding hydrogens is 344 g/mol. The molecule has 7 heteroatoms. The van der Waals surface area contributed by atoms with E-state index in [-0.39, 0.29) is 11.9 Å². The van der Waals surface area contributed by atoms with E-state index >= 15 is 0 Å². The summed E-state index contributed by atoms with van der Waals surface area (Å²) < 4.78 is 11.6. The molecule has 3 fully saturated rings. The lowest BCUT2D eigenvalue weighted by Gasteiger charge is -2.37. The zero-order valence-corrected chi connectivity index (χ0v) is 16.2. The molecule has 1 N–H and O–H groups in total. The fraction of sp³-hybridized carbons (Fsp3) is 0.750. The van der Waals surface area contributed by atoms with Crippen molar-refractivity contribution in [2.45, 2.75) is 70.1 Å². The Morgan fingerprint density at radius 2 is 1.78 bits per heavy atom. The van der Waals surface area contributed by atoms with Gasteiger partial charge in [0.05, 0.1) is 13.2 Å². The van der Waals surface area contributed by atoms with E-state index in [4.69, 9.17) is 9.47 Å². The highest BCUT2D eigenvalue weighted by Crippen LogP contribution is 2.32. The number of hydrogen-bond donors (Lipinski definition) is 1. The average molecular weight is 374 g/mol. The minimum absolute atomic E-state index is 0.0791. The zero-order valence-electron chi connectivity index (χ0n) is 16.2. The van der Waals surface area contributed by atoms with Crippen LogP contribution in [0.5, 0.6) is 0 Å². The standard InChI is InChI=1S/C20H30N4O3/c1-15-14-17(18(25)22-16-6-4-2-3-5-7-16)23-19(21-15)24-10-8-20(9-11-24)26-12-13-27-20/h14,16H,2-13H2,1H3,(H,22,25). The van der Waals surface area contributed by atoms with Gasteiger partial charge in [0.25, 0.3) is 5.91 Å². The molecule has 1 amide bonds. The number of piperidine rings is 1. The van der Waals surface area contributed by atoms with E-state index in [1.807, 2.05) is 6.92 Å². The van der Waals surface area contributed by atoms with Crippen LogP contribution in [-0.4, -0.2) is 54.0 Å². The van der Waals surface area contributed by atoms with Crippen LogP contribution in [0, 0.1) is 6.92 Å². The van der Waals surface area contributed by atoms with Crippen molar-refractivity contribution in [2.75, 3.05) is 31.2 Å². The second-order valence-corrected chi connectivity index (χ2v) is 7.95. The van der Waals surface area contributed by atoms with E-state index < -0.39 is 5.79 Å². The van der Waals surface area contributed by atoms with Gasteiger partial charge in [0.1, 0.15) is 5.69 Å². The summed E-state index contributed by atoms with van der Waals surface area (Å²) in [5.74, 6) is 0.137. The number of carbonyl (C=O) groups excluding carboxylic acids is 1. The summed E-state index contributed by atoms with van der Waals surface area (Å²) in [6, 6.07) is 2.05. The van der Waals surface area contributed by atoms with Crippen molar-refractivity contribution in [1.82, 2.24) is 15.3 Å². The van der Waals surface area contributed by atoms with Crippen LogP contribution in [0.25, 0.3) is 0 Å². The molecule has 3 aliphatic rings. The molecule has 3 heterocycles. The van der Waals surface area contributed by atoms with Gasteiger partial charge in [-0.3, -0.25) is 4.79 Å². The third-order valence-corrected chi connectivity index (χ3v) is 5.89. The second kappa shape index (κ2) is 8.10. The normalized spacial score (nSPS) is 23.4. The SMILES string of the molecule is Cc1cc(C(=O)NC2CCCCCC2)nc(N2CCC3(CC2)OCCO3)n1. The number of ether oxygens (including phenoxy) is 2.